The predicted molar refractivity (Wildman–Crippen MR) is 56.4 cm³/mol. The fourth-order valence-corrected chi connectivity index (χ4v) is 1.61. The van der Waals surface area contributed by atoms with Gasteiger partial charge >= 0.3 is 0 Å². The lowest BCUT2D eigenvalue weighted by Gasteiger charge is -2.34. The van der Waals surface area contributed by atoms with Gasteiger partial charge in [-0.05, 0) is 13.5 Å². The molecule has 15 heavy (non-hydrogen) atoms. The van der Waals surface area contributed by atoms with Crippen molar-refractivity contribution in [3.63, 3.8) is 0 Å². The number of nitrogens with one attached hydrogen (secondary N) is 1. The SMILES string of the molecule is CCCc1noc(CN(C)C2CNC2)n1. The van der Waals surface area contributed by atoms with Gasteiger partial charge in [-0.15, -0.1) is 0 Å². The largest absolute Gasteiger partial charge is 0.338 e. The molecule has 84 valence electrons. The highest BCUT2D eigenvalue weighted by Gasteiger charge is 2.22. The molecule has 0 unspecified atom stereocenters. The van der Waals surface area contributed by atoms with Gasteiger partial charge in [0.1, 0.15) is 0 Å². The van der Waals surface area contributed by atoms with Gasteiger partial charge in [-0.3, -0.25) is 4.90 Å². The van der Waals surface area contributed by atoms with Crippen LogP contribution in [0, 0.1) is 0 Å². The standard InChI is InChI=1S/C10H18N4O/c1-3-4-9-12-10(15-13-9)7-14(2)8-5-11-6-8/h8,11H,3-7H2,1-2H3. The zero-order valence-electron chi connectivity index (χ0n) is 9.36. The molecule has 0 saturated carbocycles. The van der Waals surface area contributed by atoms with E-state index < -0.39 is 0 Å². The molecule has 1 saturated heterocycles. The van der Waals surface area contributed by atoms with Gasteiger partial charge in [0.2, 0.25) is 5.89 Å². The molecule has 0 amide bonds. The number of aryl methyl sites for hydroxylation is 1. The first-order valence-electron chi connectivity index (χ1n) is 5.52. The summed E-state index contributed by atoms with van der Waals surface area (Å²) in [7, 11) is 2.09. The maximum Gasteiger partial charge on any atom is 0.240 e. The molecule has 2 heterocycles. The predicted octanol–water partition coefficient (Wildman–Crippen LogP) is 0.426. The van der Waals surface area contributed by atoms with Gasteiger partial charge < -0.3 is 9.84 Å². The van der Waals surface area contributed by atoms with E-state index in [2.05, 4.69) is 34.3 Å². The summed E-state index contributed by atoms with van der Waals surface area (Å²) in [6, 6.07) is 0.617. The van der Waals surface area contributed by atoms with Crippen molar-refractivity contribution in [2.75, 3.05) is 20.1 Å². The number of rotatable bonds is 5. The Morgan fingerprint density at radius 3 is 2.93 bits per heavy atom. The van der Waals surface area contributed by atoms with Crippen molar-refractivity contribution in [1.29, 1.82) is 0 Å². The number of likely N-dealkylation sites (N-methyl/N-ethyl adjacent to an activating group) is 1. The summed E-state index contributed by atoms with van der Waals surface area (Å²) < 4.78 is 5.18. The van der Waals surface area contributed by atoms with E-state index in [0.717, 1.165) is 44.2 Å². The third-order valence-corrected chi connectivity index (χ3v) is 2.75. The average molecular weight is 210 g/mol. The Kier molecular flexibility index (Phi) is 3.33. The second-order valence-corrected chi connectivity index (χ2v) is 4.08. The first-order chi connectivity index (χ1) is 7.29. The fraction of sp³-hybridized carbons (Fsp3) is 0.800. The van der Waals surface area contributed by atoms with E-state index in [-0.39, 0.29) is 0 Å². The van der Waals surface area contributed by atoms with Crippen molar-refractivity contribution in [2.24, 2.45) is 0 Å². The van der Waals surface area contributed by atoms with E-state index in [1.54, 1.807) is 0 Å². The number of hydrogen-bond acceptors (Lipinski definition) is 5. The van der Waals surface area contributed by atoms with E-state index in [1.807, 2.05) is 0 Å². The lowest BCUT2D eigenvalue weighted by atomic mass is 10.1. The van der Waals surface area contributed by atoms with Gasteiger partial charge in [0, 0.05) is 25.6 Å². The van der Waals surface area contributed by atoms with Gasteiger partial charge in [-0.2, -0.15) is 4.98 Å². The van der Waals surface area contributed by atoms with Crippen LogP contribution in [0.5, 0.6) is 0 Å². The number of aromatic nitrogens is 2. The van der Waals surface area contributed by atoms with Crippen molar-refractivity contribution in [3.05, 3.63) is 11.7 Å². The highest BCUT2D eigenvalue weighted by Crippen LogP contribution is 2.08. The fourth-order valence-electron chi connectivity index (χ4n) is 1.61. The van der Waals surface area contributed by atoms with Crippen molar-refractivity contribution in [2.45, 2.75) is 32.4 Å². The van der Waals surface area contributed by atoms with Gasteiger partial charge in [0.05, 0.1) is 6.54 Å². The molecule has 1 aromatic heterocycles. The van der Waals surface area contributed by atoms with E-state index >= 15 is 0 Å². The monoisotopic (exact) mass is 210 g/mol. The van der Waals surface area contributed by atoms with Gasteiger partial charge in [-0.25, -0.2) is 0 Å². The highest BCUT2D eigenvalue weighted by molar-refractivity contribution is 4.89. The van der Waals surface area contributed by atoms with Crippen LogP contribution in [0.1, 0.15) is 25.1 Å². The Balaban J connectivity index is 1.86. The molecule has 0 aromatic carbocycles. The van der Waals surface area contributed by atoms with E-state index in [9.17, 15) is 0 Å². The molecule has 0 bridgehead atoms. The Morgan fingerprint density at radius 2 is 2.33 bits per heavy atom. The summed E-state index contributed by atoms with van der Waals surface area (Å²) in [6.45, 7) is 4.99. The first-order valence-corrected chi connectivity index (χ1v) is 5.52. The smallest absolute Gasteiger partial charge is 0.240 e. The van der Waals surface area contributed by atoms with Crippen molar-refractivity contribution in [1.82, 2.24) is 20.4 Å². The minimum absolute atomic E-state index is 0.617. The summed E-state index contributed by atoms with van der Waals surface area (Å²) in [4.78, 5) is 6.59. The summed E-state index contributed by atoms with van der Waals surface area (Å²) in [5.74, 6) is 1.56. The molecule has 1 aromatic rings. The molecular formula is C10H18N4O. The topological polar surface area (TPSA) is 54.2 Å². The minimum Gasteiger partial charge on any atom is -0.338 e. The second kappa shape index (κ2) is 4.72. The molecule has 1 fully saturated rings. The Bertz CT molecular complexity index is 308. The van der Waals surface area contributed by atoms with Gasteiger partial charge in [-0.1, -0.05) is 12.1 Å². The van der Waals surface area contributed by atoms with Crippen molar-refractivity contribution < 1.29 is 4.52 Å². The zero-order valence-corrected chi connectivity index (χ0v) is 9.36. The Labute approximate surface area is 89.8 Å². The third-order valence-electron chi connectivity index (χ3n) is 2.75. The van der Waals surface area contributed by atoms with Crippen molar-refractivity contribution in [3.8, 4) is 0 Å². The van der Waals surface area contributed by atoms with E-state index in [0.29, 0.717) is 6.04 Å². The van der Waals surface area contributed by atoms with Crippen LogP contribution < -0.4 is 5.32 Å². The van der Waals surface area contributed by atoms with Gasteiger partial charge in [0.15, 0.2) is 5.82 Å². The molecular weight excluding hydrogens is 192 g/mol. The van der Waals surface area contributed by atoms with Crippen LogP contribution in [-0.4, -0.2) is 41.2 Å². The molecule has 0 spiro atoms. The maximum absolute atomic E-state index is 5.18. The molecule has 1 aliphatic rings. The van der Waals surface area contributed by atoms with Crippen LogP contribution >= 0.6 is 0 Å². The van der Waals surface area contributed by atoms with Crippen molar-refractivity contribution >= 4 is 0 Å². The summed E-state index contributed by atoms with van der Waals surface area (Å²) in [5, 5.41) is 7.18. The maximum atomic E-state index is 5.18. The number of nitrogens with zero attached hydrogens (tertiary/aromatic N) is 3. The highest BCUT2D eigenvalue weighted by atomic mass is 16.5. The molecule has 0 atom stereocenters. The molecule has 1 N–H and O–H groups in total. The zero-order chi connectivity index (χ0) is 10.7. The molecule has 5 nitrogen and oxygen atoms in total. The molecule has 5 heteroatoms. The Hall–Kier alpha value is -0.940. The van der Waals surface area contributed by atoms with Crippen LogP contribution in [0.2, 0.25) is 0 Å². The van der Waals surface area contributed by atoms with Crippen LogP contribution in [-0.2, 0) is 13.0 Å². The molecule has 0 aliphatic carbocycles. The molecule has 2 rings (SSSR count). The molecule has 1 aliphatic heterocycles. The summed E-state index contributed by atoms with van der Waals surface area (Å²) in [6.07, 6.45) is 1.96. The van der Waals surface area contributed by atoms with E-state index in [1.165, 1.54) is 0 Å². The average Bonchev–Trinajstić information content (AvgIpc) is 2.49. The van der Waals surface area contributed by atoms with Crippen LogP contribution in [0.4, 0.5) is 0 Å². The normalized spacial score (nSPS) is 17.0. The summed E-state index contributed by atoms with van der Waals surface area (Å²) in [5.41, 5.74) is 0. The first kappa shape index (κ1) is 10.6. The second-order valence-electron chi connectivity index (χ2n) is 4.08. The quantitative estimate of drug-likeness (QED) is 0.763. The lowest BCUT2D eigenvalue weighted by Crippen LogP contribution is -2.55. The minimum atomic E-state index is 0.617. The van der Waals surface area contributed by atoms with Crippen LogP contribution in [0.15, 0.2) is 4.52 Å². The summed E-state index contributed by atoms with van der Waals surface area (Å²) >= 11 is 0. The van der Waals surface area contributed by atoms with Crippen LogP contribution in [0.3, 0.4) is 0 Å². The van der Waals surface area contributed by atoms with Gasteiger partial charge in [0.25, 0.3) is 0 Å². The Morgan fingerprint density at radius 1 is 1.53 bits per heavy atom. The third kappa shape index (κ3) is 2.54. The molecule has 0 radical (unpaired) electrons. The number of hydrogen-bond donors (Lipinski definition) is 1. The lowest BCUT2D eigenvalue weighted by molar-refractivity contribution is 0.155. The van der Waals surface area contributed by atoms with Crippen LogP contribution in [0.25, 0.3) is 0 Å². The van der Waals surface area contributed by atoms with E-state index in [4.69, 9.17) is 4.52 Å².